The maximum atomic E-state index is 6.12. The Kier molecular flexibility index (Phi) is 4.31. The summed E-state index contributed by atoms with van der Waals surface area (Å²) in [5.74, 6) is 0. The highest BCUT2D eigenvalue weighted by molar-refractivity contribution is 7.07. The summed E-state index contributed by atoms with van der Waals surface area (Å²) < 4.78 is 0. The minimum atomic E-state index is 0.0641. The van der Waals surface area contributed by atoms with E-state index in [4.69, 9.17) is 5.73 Å². The minimum Gasteiger partial charge on any atom is -0.323 e. The van der Waals surface area contributed by atoms with Crippen molar-refractivity contribution in [1.82, 2.24) is 5.32 Å². The zero-order chi connectivity index (χ0) is 12.1. The maximum Gasteiger partial charge on any atom is 0.0421 e. The van der Waals surface area contributed by atoms with E-state index in [9.17, 15) is 0 Å². The predicted octanol–water partition coefficient (Wildman–Crippen LogP) is 2.85. The molecular formula is C14H18N2S. The molecule has 0 aliphatic heterocycles. The van der Waals surface area contributed by atoms with E-state index in [1.807, 2.05) is 0 Å². The van der Waals surface area contributed by atoms with E-state index in [0.29, 0.717) is 0 Å². The van der Waals surface area contributed by atoms with E-state index >= 15 is 0 Å². The molecule has 0 amide bonds. The summed E-state index contributed by atoms with van der Waals surface area (Å²) in [5.41, 5.74) is 9.91. The maximum absolute atomic E-state index is 6.12. The van der Waals surface area contributed by atoms with Gasteiger partial charge in [-0.25, -0.2) is 0 Å². The van der Waals surface area contributed by atoms with Crippen LogP contribution < -0.4 is 11.1 Å². The fourth-order valence-corrected chi connectivity index (χ4v) is 2.37. The summed E-state index contributed by atoms with van der Waals surface area (Å²) in [7, 11) is 0. The van der Waals surface area contributed by atoms with Crippen LogP contribution >= 0.6 is 11.3 Å². The van der Waals surface area contributed by atoms with Crippen molar-refractivity contribution >= 4 is 11.3 Å². The van der Waals surface area contributed by atoms with E-state index in [0.717, 1.165) is 13.1 Å². The Morgan fingerprint density at radius 2 is 2.00 bits per heavy atom. The molecule has 1 aromatic carbocycles. The predicted molar refractivity (Wildman–Crippen MR) is 74.1 cm³/mol. The number of benzene rings is 1. The van der Waals surface area contributed by atoms with Gasteiger partial charge in [-0.05, 0) is 34.9 Å². The molecule has 0 saturated heterocycles. The van der Waals surface area contributed by atoms with Crippen molar-refractivity contribution in [3.05, 3.63) is 57.8 Å². The van der Waals surface area contributed by atoms with Crippen LogP contribution in [0.4, 0.5) is 0 Å². The Morgan fingerprint density at radius 3 is 2.65 bits per heavy atom. The normalized spacial score (nSPS) is 12.6. The molecule has 0 spiro atoms. The number of aryl methyl sites for hydroxylation is 1. The zero-order valence-corrected chi connectivity index (χ0v) is 10.8. The zero-order valence-electron chi connectivity index (χ0n) is 10.0. The standard InChI is InChI=1S/C14H18N2S/c1-11-2-4-13(5-3-11)14(15)9-16-8-12-6-7-17-10-12/h2-7,10,14,16H,8-9,15H2,1H3. The Balaban J connectivity index is 1.81. The number of hydrogen-bond donors (Lipinski definition) is 2. The molecular weight excluding hydrogens is 228 g/mol. The lowest BCUT2D eigenvalue weighted by Gasteiger charge is -2.13. The molecule has 1 heterocycles. The van der Waals surface area contributed by atoms with Gasteiger partial charge in [0.2, 0.25) is 0 Å². The van der Waals surface area contributed by atoms with Crippen molar-refractivity contribution in [3.8, 4) is 0 Å². The van der Waals surface area contributed by atoms with Crippen LogP contribution in [0.1, 0.15) is 22.7 Å². The number of nitrogens with two attached hydrogens (primary N) is 1. The van der Waals surface area contributed by atoms with Crippen LogP contribution in [0.15, 0.2) is 41.1 Å². The summed E-state index contributed by atoms with van der Waals surface area (Å²) in [6.07, 6.45) is 0. The van der Waals surface area contributed by atoms with Crippen molar-refractivity contribution in [2.24, 2.45) is 5.73 Å². The molecule has 0 radical (unpaired) electrons. The topological polar surface area (TPSA) is 38.0 Å². The molecule has 0 aliphatic carbocycles. The van der Waals surface area contributed by atoms with Crippen molar-refractivity contribution in [1.29, 1.82) is 0 Å². The average Bonchev–Trinajstić information content (AvgIpc) is 2.83. The summed E-state index contributed by atoms with van der Waals surface area (Å²) in [6, 6.07) is 10.6. The van der Waals surface area contributed by atoms with Gasteiger partial charge in [0.1, 0.15) is 0 Å². The van der Waals surface area contributed by atoms with Gasteiger partial charge in [-0.15, -0.1) is 0 Å². The first kappa shape index (κ1) is 12.3. The van der Waals surface area contributed by atoms with Crippen LogP contribution in [-0.2, 0) is 6.54 Å². The molecule has 3 N–H and O–H groups in total. The second kappa shape index (κ2) is 5.96. The lowest BCUT2D eigenvalue weighted by molar-refractivity contribution is 0.599. The van der Waals surface area contributed by atoms with Crippen LogP contribution in [0.2, 0.25) is 0 Å². The Hall–Kier alpha value is -1.16. The molecule has 0 fully saturated rings. The molecule has 0 saturated carbocycles. The highest BCUT2D eigenvalue weighted by Gasteiger charge is 2.04. The molecule has 1 aromatic heterocycles. The molecule has 1 unspecified atom stereocenters. The Morgan fingerprint density at radius 1 is 1.24 bits per heavy atom. The first-order chi connectivity index (χ1) is 8.25. The summed E-state index contributed by atoms with van der Waals surface area (Å²) in [4.78, 5) is 0. The number of hydrogen-bond acceptors (Lipinski definition) is 3. The molecule has 2 rings (SSSR count). The van der Waals surface area contributed by atoms with Gasteiger partial charge in [-0.1, -0.05) is 29.8 Å². The highest BCUT2D eigenvalue weighted by atomic mass is 32.1. The van der Waals surface area contributed by atoms with Crippen molar-refractivity contribution in [2.45, 2.75) is 19.5 Å². The third kappa shape index (κ3) is 3.66. The summed E-state index contributed by atoms with van der Waals surface area (Å²) in [5, 5.41) is 7.63. The quantitative estimate of drug-likeness (QED) is 0.851. The molecule has 0 aliphatic rings. The second-order valence-electron chi connectivity index (χ2n) is 4.28. The van der Waals surface area contributed by atoms with E-state index in [1.54, 1.807) is 11.3 Å². The fourth-order valence-electron chi connectivity index (χ4n) is 1.70. The van der Waals surface area contributed by atoms with Gasteiger partial charge < -0.3 is 11.1 Å². The molecule has 0 bridgehead atoms. The smallest absolute Gasteiger partial charge is 0.0421 e. The SMILES string of the molecule is Cc1ccc(C(N)CNCc2ccsc2)cc1. The van der Waals surface area contributed by atoms with Crippen molar-refractivity contribution in [3.63, 3.8) is 0 Å². The van der Waals surface area contributed by atoms with E-state index < -0.39 is 0 Å². The lowest BCUT2D eigenvalue weighted by Crippen LogP contribution is -2.26. The highest BCUT2D eigenvalue weighted by Crippen LogP contribution is 2.11. The van der Waals surface area contributed by atoms with Gasteiger partial charge in [0.25, 0.3) is 0 Å². The van der Waals surface area contributed by atoms with E-state index in [1.165, 1.54) is 16.7 Å². The minimum absolute atomic E-state index is 0.0641. The van der Waals surface area contributed by atoms with Crippen LogP contribution in [0.25, 0.3) is 0 Å². The molecule has 90 valence electrons. The van der Waals surface area contributed by atoms with Gasteiger partial charge in [-0.3, -0.25) is 0 Å². The third-order valence-corrected chi connectivity index (χ3v) is 3.51. The largest absolute Gasteiger partial charge is 0.323 e. The van der Waals surface area contributed by atoms with Gasteiger partial charge >= 0.3 is 0 Å². The fraction of sp³-hybridized carbons (Fsp3) is 0.286. The molecule has 17 heavy (non-hydrogen) atoms. The van der Waals surface area contributed by atoms with Gasteiger partial charge in [0, 0.05) is 19.1 Å². The van der Waals surface area contributed by atoms with E-state index in [-0.39, 0.29) is 6.04 Å². The van der Waals surface area contributed by atoms with Crippen LogP contribution in [-0.4, -0.2) is 6.54 Å². The monoisotopic (exact) mass is 246 g/mol. The van der Waals surface area contributed by atoms with Gasteiger partial charge in [-0.2, -0.15) is 11.3 Å². The first-order valence-corrected chi connectivity index (χ1v) is 6.74. The van der Waals surface area contributed by atoms with Gasteiger partial charge in [0.05, 0.1) is 0 Å². The Bertz CT molecular complexity index is 434. The van der Waals surface area contributed by atoms with Crippen LogP contribution in [0.3, 0.4) is 0 Å². The Labute approximate surface area is 106 Å². The molecule has 2 nitrogen and oxygen atoms in total. The van der Waals surface area contributed by atoms with E-state index in [2.05, 4.69) is 53.3 Å². The molecule has 2 aromatic rings. The summed E-state index contributed by atoms with van der Waals surface area (Å²) >= 11 is 1.73. The average molecular weight is 246 g/mol. The van der Waals surface area contributed by atoms with Crippen molar-refractivity contribution < 1.29 is 0 Å². The lowest BCUT2D eigenvalue weighted by atomic mass is 10.1. The molecule has 1 atom stereocenters. The number of thiophene rings is 1. The number of rotatable bonds is 5. The van der Waals surface area contributed by atoms with Crippen molar-refractivity contribution in [2.75, 3.05) is 6.54 Å². The third-order valence-electron chi connectivity index (χ3n) is 2.78. The van der Waals surface area contributed by atoms with Crippen LogP contribution in [0.5, 0.6) is 0 Å². The first-order valence-electron chi connectivity index (χ1n) is 5.79. The van der Waals surface area contributed by atoms with Gasteiger partial charge in [0.15, 0.2) is 0 Å². The number of nitrogens with one attached hydrogen (secondary N) is 1. The molecule has 3 heteroatoms. The van der Waals surface area contributed by atoms with Crippen LogP contribution in [0, 0.1) is 6.92 Å². The summed E-state index contributed by atoms with van der Waals surface area (Å²) in [6.45, 7) is 3.78. The second-order valence-corrected chi connectivity index (χ2v) is 5.06.